The predicted octanol–water partition coefficient (Wildman–Crippen LogP) is 5.04. The maximum Gasteiger partial charge on any atom is 0.185 e. The molecule has 0 unspecified atom stereocenters. The number of rotatable bonds is 6. The van der Waals surface area contributed by atoms with Gasteiger partial charge in [-0.2, -0.15) is 0 Å². The number of nitrogens with zero attached hydrogens (tertiary/aromatic N) is 1. The summed E-state index contributed by atoms with van der Waals surface area (Å²) in [6.07, 6.45) is 6.31. The van der Waals surface area contributed by atoms with Crippen LogP contribution < -0.4 is 0 Å². The van der Waals surface area contributed by atoms with Crippen LogP contribution in [0.3, 0.4) is 0 Å². The maximum absolute atomic E-state index is 13.3. The van der Waals surface area contributed by atoms with E-state index in [0.717, 1.165) is 37.0 Å². The molecular weight excluding hydrogens is 324 g/mol. The molecule has 3 nitrogen and oxygen atoms in total. The van der Waals surface area contributed by atoms with E-state index in [2.05, 4.69) is 11.6 Å². The van der Waals surface area contributed by atoms with Crippen LogP contribution in [0.2, 0.25) is 0 Å². The minimum absolute atomic E-state index is 0.408. The van der Waals surface area contributed by atoms with E-state index in [-0.39, 0.29) is 0 Å². The summed E-state index contributed by atoms with van der Waals surface area (Å²) in [6, 6.07) is 7.33. The minimum atomic E-state index is -0.884. The van der Waals surface area contributed by atoms with Gasteiger partial charge in [-0.15, -0.1) is 6.58 Å². The zero-order valence-electron chi connectivity index (χ0n) is 14.0. The first-order valence-electron chi connectivity index (χ1n) is 8.43. The van der Waals surface area contributed by atoms with Gasteiger partial charge in [-0.05, 0) is 43.5 Å². The van der Waals surface area contributed by atoms with Crippen molar-refractivity contribution in [2.45, 2.75) is 25.6 Å². The Hall–Kier alpha value is -2.11. The maximum atomic E-state index is 13.3. The first-order valence-corrected chi connectivity index (χ1v) is 8.43. The number of benzene rings is 1. The summed E-state index contributed by atoms with van der Waals surface area (Å²) >= 11 is 0. The molecule has 0 N–H and O–H groups in total. The highest BCUT2D eigenvalue weighted by molar-refractivity contribution is 5.59. The quantitative estimate of drug-likeness (QED) is 0.543. The number of ether oxygens (including phenoxy) is 2. The predicted molar refractivity (Wildman–Crippen MR) is 91.8 cm³/mol. The molecule has 2 aromatic rings. The fourth-order valence-electron chi connectivity index (χ4n) is 2.82. The van der Waals surface area contributed by atoms with Crippen molar-refractivity contribution >= 4 is 0 Å². The molecule has 0 saturated carbocycles. The zero-order chi connectivity index (χ0) is 17.6. The number of unbranched alkanes of at least 4 members (excludes halogenated alkanes) is 1. The van der Waals surface area contributed by atoms with E-state index in [1.54, 1.807) is 12.3 Å². The zero-order valence-corrected chi connectivity index (χ0v) is 14.0. The number of halogens is 2. The van der Waals surface area contributed by atoms with Crippen molar-refractivity contribution in [2.75, 3.05) is 13.2 Å². The first kappa shape index (κ1) is 17.7. The van der Waals surface area contributed by atoms with Crippen LogP contribution in [0.15, 0.2) is 49.2 Å². The Labute approximate surface area is 146 Å². The summed E-state index contributed by atoms with van der Waals surface area (Å²) in [7, 11) is 0. The third-order valence-electron chi connectivity index (χ3n) is 4.26. The normalized spacial score (nSPS) is 20.4. The fourth-order valence-corrected chi connectivity index (χ4v) is 2.82. The SMILES string of the molecule is C=CCCCC1COC(c2ccc(-c3ccc(F)c(F)c3)nc2)OC1. The van der Waals surface area contributed by atoms with Crippen LogP contribution in [0, 0.1) is 17.6 Å². The molecule has 3 rings (SSSR count). The molecule has 132 valence electrons. The van der Waals surface area contributed by atoms with Crippen LogP contribution in [-0.2, 0) is 9.47 Å². The van der Waals surface area contributed by atoms with E-state index in [9.17, 15) is 8.78 Å². The van der Waals surface area contributed by atoms with Crippen LogP contribution in [0.25, 0.3) is 11.3 Å². The molecule has 0 spiro atoms. The Morgan fingerprint density at radius 1 is 1.12 bits per heavy atom. The summed E-state index contributed by atoms with van der Waals surface area (Å²) in [6.45, 7) is 5.04. The molecule has 2 heterocycles. The minimum Gasteiger partial charge on any atom is -0.348 e. The standard InChI is InChI=1S/C20H21F2NO2/c1-2-3-4-5-14-12-24-20(25-13-14)16-7-9-19(23-11-16)15-6-8-17(21)18(22)10-15/h2,6-11,14,20H,1,3-5,12-13H2. The second-order valence-electron chi connectivity index (χ2n) is 6.19. The lowest BCUT2D eigenvalue weighted by molar-refractivity contribution is -0.206. The van der Waals surface area contributed by atoms with Crippen molar-refractivity contribution in [3.8, 4) is 11.3 Å². The number of pyridine rings is 1. The Morgan fingerprint density at radius 2 is 1.92 bits per heavy atom. The van der Waals surface area contributed by atoms with Gasteiger partial charge in [0.25, 0.3) is 0 Å². The van der Waals surface area contributed by atoms with Gasteiger partial charge >= 0.3 is 0 Å². The van der Waals surface area contributed by atoms with Crippen molar-refractivity contribution < 1.29 is 18.3 Å². The van der Waals surface area contributed by atoms with Crippen molar-refractivity contribution in [1.29, 1.82) is 0 Å². The van der Waals surface area contributed by atoms with E-state index >= 15 is 0 Å². The third kappa shape index (κ3) is 4.50. The molecule has 0 radical (unpaired) electrons. The lowest BCUT2D eigenvalue weighted by atomic mass is 10.0. The third-order valence-corrected chi connectivity index (χ3v) is 4.26. The highest BCUT2D eigenvalue weighted by Crippen LogP contribution is 2.28. The molecule has 0 atom stereocenters. The largest absolute Gasteiger partial charge is 0.348 e. The molecule has 25 heavy (non-hydrogen) atoms. The van der Waals surface area contributed by atoms with E-state index in [0.29, 0.717) is 30.4 Å². The average molecular weight is 345 g/mol. The molecule has 0 aliphatic carbocycles. The molecule has 1 aromatic heterocycles. The lowest BCUT2D eigenvalue weighted by Crippen LogP contribution is -2.27. The molecular formula is C20H21F2NO2. The van der Waals surface area contributed by atoms with Gasteiger partial charge < -0.3 is 9.47 Å². The number of aromatic nitrogens is 1. The molecule has 1 aliphatic heterocycles. The summed E-state index contributed by atoms with van der Waals surface area (Å²) in [5.74, 6) is -1.34. The topological polar surface area (TPSA) is 31.4 Å². The van der Waals surface area contributed by atoms with E-state index in [1.807, 2.05) is 12.1 Å². The van der Waals surface area contributed by atoms with Crippen LogP contribution in [-0.4, -0.2) is 18.2 Å². The van der Waals surface area contributed by atoms with Crippen molar-refractivity contribution in [3.05, 3.63) is 66.4 Å². The summed E-state index contributed by atoms with van der Waals surface area (Å²) in [4.78, 5) is 4.31. The van der Waals surface area contributed by atoms with Crippen LogP contribution in [0.1, 0.15) is 31.1 Å². The second kappa shape index (κ2) is 8.32. The van der Waals surface area contributed by atoms with Crippen molar-refractivity contribution in [3.63, 3.8) is 0 Å². The fraction of sp³-hybridized carbons (Fsp3) is 0.350. The van der Waals surface area contributed by atoms with E-state index < -0.39 is 17.9 Å². The van der Waals surface area contributed by atoms with Gasteiger partial charge in [0.15, 0.2) is 17.9 Å². The highest BCUT2D eigenvalue weighted by Gasteiger charge is 2.23. The Morgan fingerprint density at radius 3 is 2.56 bits per heavy atom. The molecule has 1 saturated heterocycles. The first-order chi connectivity index (χ1) is 12.2. The van der Waals surface area contributed by atoms with E-state index in [4.69, 9.17) is 9.47 Å². The van der Waals surface area contributed by atoms with Gasteiger partial charge in [-0.25, -0.2) is 8.78 Å². The number of allylic oxidation sites excluding steroid dienone is 1. The summed E-state index contributed by atoms with van der Waals surface area (Å²) in [5, 5.41) is 0. The Bertz CT molecular complexity index is 710. The highest BCUT2D eigenvalue weighted by atomic mass is 19.2. The van der Waals surface area contributed by atoms with Crippen LogP contribution in [0.4, 0.5) is 8.78 Å². The molecule has 1 aliphatic rings. The van der Waals surface area contributed by atoms with Crippen LogP contribution >= 0.6 is 0 Å². The second-order valence-corrected chi connectivity index (χ2v) is 6.19. The van der Waals surface area contributed by atoms with Gasteiger partial charge in [0, 0.05) is 23.2 Å². The molecule has 5 heteroatoms. The average Bonchev–Trinajstić information content (AvgIpc) is 2.65. The molecule has 0 bridgehead atoms. The van der Waals surface area contributed by atoms with Gasteiger partial charge in [0.05, 0.1) is 18.9 Å². The molecule has 1 fully saturated rings. The number of hydrogen-bond acceptors (Lipinski definition) is 3. The molecule has 0 amide bonds. The van der Waals surface area contributed by atoms with Gasteiger partial charge in [0.2, 0.25) is 0 Å². The van der Waals surface area contributed by atoms with Gasteiger partial charge in [0.1, 0.15) is 0 Å². The Kier molecular flexibility index (Phi) is 5.89. The van der Waals surface area contributed by atoms with Crippen LogP contribution in [0.5, 0.6) is 0 Å². The van der Waals surface area contributed by atoms with Crippen molar-refractivity contribution in [2.24, 2.45) is 5.92 Å². The monoisotopic (exact) mass is 345 g/mol. The number of hydrogen-bond donors (Lipinski definition) is 0. The van der Waals surface area contributed by atoms with Gasteiger partial charge in [-0.3, -0.25) is 4.98 Å². The molecule has 1 aromatic carbocycles. The smallest absolute Gasteiger partial charge is 0.185 e. The van der Waals surface area contributed by atoms with E-state index in [1.165, 1.54) is 6.07 Å². The lowest BCUT2D eigenvalue weighted by Gasteiger charge is -2.29. The van der Waals surface area contributed by atoms with Gasteiger partial charge in [-0.1, -0.05) is 12.1 Å². The Balaban J connectivity index is 1.59. The van der Waals surface area contributed by atoms with Crippen molar-refractivity contribution in [1.82, 2.24) is 4.98 Å². The summed E-state index contributed by atoms with van der Waals surface area (Å²) in [5.41, 5.74) is 1.91. The summed E-state index contributed by atoms with van der Waals surface area (Å²) < 4.78 is 37.9.